The molecule has 0 aromatic carbocycles. The van der Waals surface area contributed by atoms with Crippen LogP contribution in [0.25, 0.3) is 0 Å². The van der Waals surface area contributed by atoms with Crippen molar-refractivity contribution in [1.29, 1.82) is 0 Å². The van der Waals surface area contributed by atoms with Gasteiger partial charge in [0, 0.05) is 0 Å². The first-order chi connectivity index (χ1) is 1.73. The molecule has 21 valence electrons. The summed E-state index contributed by atoms with van der Waals surface area (Å²) in [5.41, 5.74) is 10.1. The normalized spacial score (nSPS) is 11.0. The van der Waals surface area contributed by atoms with Crippen LogP contribution >= 0.6 is 34.0 Å². The molecule has 0 saturated carbocycles. The monoisotopic (exact) mass is 276 g/mol. The van der Waals surface area contributed by atoms with Gasteiger partial charge in [-0.1, -0.05) is 0 Å². The van der Waals surface area contributed by atoms with E-state index in [-0.39, 0.29) is 0 Å². The van der Waals surface area contributed by atoms with Crippen LogP contribution in [0, 0.1) is 0 Å². The van der Waals surface area contributed by atoms with Crippen LogP contribution in [0.15, 0.2) is 0 Å². The zero-order valence-corrected chi connectivity index (χ0v) is 6.23. The molecule has 0 aliphatic carbocycles. The minimum absolute atomic E-state index is 1.29. The summed E-state index contributed by atoms with van der Waals surface area (Å²) in [6.07, 6.45) is 0. The molecule has 4 heteroatoms. The van der Waals surface area contributed by atoms with Gasteiger partial charge in [0.1, 0.15) is 0 Å². The average Bonchev–Trinajstić information content (AvgIpc) is 0.811. The van der Waals surface area contributed by atoms with E-state index in [4.69, 9.17) is 11.4 Å². The van der Waals surface area contributed by atoms with Gasteiger partial charge in [-0.25, -0.2) is 0 Å². The van der Waals surface area contributed by atoms with E-state index in [2.05, 4.69) is 18.6 Å². The predicted molar refractivity (Wildman–Crippen MR) is 39.5 cm³/mol. The van der Waals surface area contributed by atoms with Crippen LogP contribution in [0.5, 0.6) is 0 Å². The Balaban J connectivity index is 2.32. The van der Waals surface area contributed by atoms with Crippen molar-refractivity contribution in [3.05, 3.63) is 0 Å². The molecule has 0 nitrogen and oxygen atoms in total. The minimum atomic E-state index is -1.29. The number of hydrogen-bond donors (Lipinski definition) is 0. The Morgan fingerprint density at radius 1 is 2.00 bits per heavy atom. The quantitative estimate of drug-likeness (QED) is 0.457. The second kappa shape index (κ2) is 2.81. The fourth-order valence-corrected chi connectivity index (χ4v) is 0. The third kappa shape index (κ3) is 9.53. The van der Waals surface area contributed by atoms with Gasteiger partial charge in [0.15, 0.2) is 0 Å². The Hall–Kier alpha value is 1.59. The van der Waals surface area contributed by atoms with Crippen LogP contribution in [0.4, 0.5) is 0 Å². The van der Waals surface area contributed by atoms with E-state index in [1.165, 1.54) is 0 Å². The number of halogens is 2. The topological polar surface area (TPSA) is 0 Å². The van der Waals surface area contributed by atoms with Crippen LogP contribution in [0.2, 0.25) is 0 Å². The van der Waals surface area contributed by atoms with Crippen LogP contribution in [0.3, 0.4) is 0 Å². The van der Waals surface area contributed by atoms with Gasteiger partial charge in [-0.3, -0.25) is 0 Å². The Morgan fingerprint density at radius 2 is 2.00 bits per heavy atom. The first kappa shape index (κ1) is 5.59. The molecule has 0 atom stereocenters. The molecular formula is B2I2-. The molecule has 0 unspecified atom stereocenters. The molecule has 0 aliphatic heterocycles. The van der Waals surface area contributed by atoms with Crippen molar-refractivity contribution in [3.8, 4) is 0 Å². The summed E-state index contributed by atoms with van der Waals surface area (Å²) in [5, 5.41) is 0. The predicted octanol–water partition coefficient (Wildman–Crippen LogP) is 1.01. The standard InChI is InChI=1S/B2I2/c1-4(2)3/q-1. The zero-order valence-electron chi connectivity index (χ0n) is 1.91. The van der Waals surface area contributed by atoms with E-state index >= 15 is 0 Å². The van der Waals surface area contributed by atoms with Crippen molar-refractivity contribution in [1.82, 2.24) is 0 Å². The van der Waals surface area contributed by atoms with Gasteiger partial charge in [0.05, 0.1) is 0 Å². The average molecular weight is 275 g/mol. The third-order valence-electron chi connectivity index (χ3n) is 0. The van der Waals surface area contributed by atoms with Crippen molar-refractivity contribution in [2.24, 2.45) is 0 Å². The fraction of sp³-hybridized carbons (Fsp3) is 0. The van der Waals surface area contributed by atoms with Crippen molar-refractivity contribution >= 4 is 45.4 Å². The number of rotatable bonds is 0. The molecule has 0 aliphatic rings. The van der Waals surface area contributed by atoms with E-state index in [0.717, 1.165) is 0 Å². The van der Waals surface area contributed by atoms with Crippen molar-refractivity contribution in [2.75, 3.05) is 0 Å². The van der Waals surface area contributed by atoms with Crippen LogP contribution in [-0.2, 0) is 0 Å². The summed E-state index contributed by atoms with van der Waals surface area (Å²) in [7, 11) is 0. The first-order valence-electron chi connectivity index (χ1n) is 0.579. The molecule has 0 saturated heterocycles. The zero-order chi connectivity index (χ0) is 3.58. The molecule has 4 heavy (non-hydrogen) atoms. The Morgan fingerprint density at radius 3 is 2.00 bits per heavy atom. The van der Waals surface area contributed by atoms with Gasteiger partial charge in [-0.15, -0.1) is 0 Å². The molecule has 0 N–H and O–H groups in total. The van der Waals surface area contributed by atoms with Gasteiger partial charge < -0.3 is 0 Å². The number of hydrogen-bond acceptors (Lipinski definition) is 0. The van der Waals surface area contributed by atoms with E-state index < -0.39 is 15.4 Å². The summed E-state index contributed by atoms with van der Waals surface area (Å²) in [5.74, 6) is 0. The van der Waals surface area contributed by atoms with E-state index in [0.29, 0.717) is 0 Å². The van der Waals surface area contributed by atoms with Gasteiger partial charge in [-0.05, 0) is 0 Å². The van der Waals surface area contributed by atoms with Crippen molar-refractivity contribution in [3.63, 3.8) is 0 Å². The van der Waals surface area contributed by atoms with Gasteiger partial charge in [0.25, 0.3) is 0 Å². The van der Waals surface area contributed by atoms with Crippen molar-refractivity contribution < 1.29 is 0 Å². The molecule has 0 aromatic heterocycles. The fourth-order valence-electron chi connectivity index (χ4n) is 0. The molecule has 0 heterocycles. The maximum atomic E-state index is 5.03. The van der Waals surface area contributed by atoms with E-state index in [1.54, 1.807) is 0 Å². The SMILES string of the molecule is [B]I([B-])I. The Labute approximate surface area is 45.0 Å². The van der Waals surface area contributed by atoms with Crippen LogP contribution in [-0.4, -0.2) is 11.4 Å². The summed E-state index contributed by atoms with van der Waals surface area (Å²) in [6, 6.07) is 0. The molecule has 0 aromatic rings. The first-order valence-corrected chi connectivity index (χ1v) is 9.36. The van der Waals surface area contributed by atoms with Crippen LogP contribution in [0.1, 0.15) is 0 Å². The second-order valence-electron chi connectivity index (χ2n) is 0.291. The van der Waals surface area contributed by atoms with Crippen LogP contribution < -0.4 is 0 Å². The molecular weight excluding hydrogens is 275 g/mol. The molecule has 0 spiro atoms. The summed E-state index contributed by atoms with van der Waals surface area (Å²) < 4.78 is 0. The molecule has 5 radical (unpaired) electrons. The summed E-state index contributed by atoms with van der Waals surface area (Å²) >= 11 is 0.762. The Bertz CT molecular complexity index is 8.75. The molecule has 0 bridgehead atoms. The van der Waals surface area contributed by atoms with Gasteiger partial charge in [-0.2, -0.15) is 0 Å². The van der Waals surface area contributed by atoms with Crippen molar-refractivity contribution in [2.45, 2.75) is 0 Å². The second-order valence-corrected chi connectivity index (χ2v) is 8.27. The van der Waals surface area contributed by atoms with E-state index in [9.17, 15) is 0 Å². The Kier molecular flexibility index (Phi) is 3.92. The van der Waals surface area contributed by atoms with Gasteiger partial charge >= 0.3 is 45.4 Å². The van der Waals surface area contributed by atoms with Gasteiger partial charge in [0.2, 0.25) is 0 Å². The van der Waals surface area contributed by atoms with E-state index in [1.807, 2.05) is 0 Å². The summed E-state index contributed by atoms with van der Waals surface area (Å²) in [4.78, 5) is 0. The molecule has 0 rings (SSSR count). The maximum absolute atomic E-state index is 5.03. The molecule has 0 fully saturated rings. The third-order valence-corrected chi connectivity index (χ3v) is 0. The molecule has 0 amide bonds. The summed E-state index contributed by atoms with van der Waals surface area (Å²) in [6.45, 7) is 0.